The molecular weight excluding hydrogens is 284 g/mol. The van der Waals surface area contributed by atoms with Gasteiger partial charge in [0.2, 0.25) is 0 Å². The predicted molar refractivity (Wildman–Crippen MR) is 84.8 cm³/mol. The number of phenols is 1. The van der Waals surface area contributed by atoms with Crippen LogP contribution in [0.15, 0.2) is 48.5 Å². The lowest BCUT2D eigenvalue weighted by molar-refractivity contribution is -0.112. The normalized spacial score (nSPS) is 11.7. The van der Waals surface area contributed by atoms with E-state index in [9.17, 15) is 9.90 Å². The standard InChI is InChI=1S/C16H12N2O2S/c17-15(20)11(9-10-5-1-3-7-13(10)19)16-18-12-6-2-4-8-14(12)21-16/h1-9,19H,(H2,17,20)/b11-9-. The number of amides is 1. The molecule has 0 saturated heterocycles. The van der Waals surface area contributed by atoms with Crippen LogP contribution in [-0.2, 0) is 4.79 Å². The summed E-state index contributed by atoms with van der Waals surface area (Å²) in [6, 6.07) is 14.4. The van der Waals surface area contributed by atoms with Crippen molar-refractivity contribution in [2.24, 2.45) is 5.73 Å². The zero-order chi connectivity index (χ0) is 14.8. The summed E-state index contributed by atoms with van der Waals surface area (Å²) in [7, 11) is 0. The Bertz CT molecular complexity index is 819. The molecule has 2 aromatic carbocycles. The molecule has 0 aliphatic carbocycles. The van der Waals surface area contributed by atoms with Gasteiger partial charge in [0.05, 0.1) is 15.8 Å². The fourth-order valence-corrected chi connectivity index (χ4v) is 2.98. The second kappa shape index (κ2) is 5.38. The Morgan fingerprint density at radius 1 is 1.14 bits per heavy atom. The summed E-state index contributed by atoms with van der Waals surface area (Å²) in [4.78, 5) is 16.2. The van der Waals surface area contributed by atoms with Crippen molar-refractivity contribution in [3.05, 3.63) is 59.1 Å². The van der Waals surface area contributed by atoms with Crippen molar-refractivity contribution in [3.8, 4) is 5.75 Å². The molecule has 3 N–H and O–H groups in total. The Kier molecular flexibility index (Phi) is 3.41. The molecule has 0 spiro atoms. The summed E-state index contributed by atoms with van der Waals surface area (Å²) in [6.45, 7) is 0. The molecule has 3 rings (SSSR count). The van der Waals surface area contributed by atoms with Crippen LogP contribution in [0.2, 0.25) is 0 Å². The highest BCUT2D eigenvalue weighted by atomic mass is 32.1. The quantitative estimate of drug-likeness (QED) is 0.729. The SMILES string of the molecule is NC(=O)/C(=C/c1ccccc1O)c1nc2ccccc2s1. The molecule has 0 aliphatic heterocycles. The maximum atomic E-state index is 11.7. The van der Waals surface area contributed by atoms with Crippen LogP contribution in [0, 0.1) is 0 Å². The molecule has 5 heteroatoms. The van der Waals surface area contributed by atoms with Crippen LogP contribution < -0.4 is 5.73 Å². The summed E-state index contributed by atoms with van der Waals surface area (Å²) in [5.41, 5.74) is 7.11. The Morgan fingerprint density at radius 2 is 1.86 bits per heavy atom. The van der Waals surface area contributed by atoms with Crippen molar-refractivity contribution < 1.29 is 9.90 Å². The van der Waals surface area contributed by atoms with E-state index in [4.69, 9.17) is 5.73 Å². The van der Waals surface area contributed by atoms with Crippen molar-refractivity contribution >= 4 is 39.1 Å². The van der Waals surface area contributed by atoms with Gasteiger partial charge < -0.3 is 10.8 Å². The molecule has 0 radical (unpaired) electrons. The zero-order valence-corrected chi connectivity index (χ0v) is 11.8. The van der Waals surface area contributed by atoms with E-state index in [1.54, 1.807) is 30.3 Å². The van der Waals surface area contributed by atoms with Crippen LogP contribution in [-0.4, -0.2) is 16.0 Å². The molecular formula is C16H12N2O2S. The van der Waals surface area contributed by atoms with E-state index in [1.807, 2.05) is 24.3 Å². The Morgan fingerprint density at radius 3 is 2.57 bits per heavy atom. The number of phenolic OH excluding ortho intramolecular Hbond substituents is 1. The number of rotatable bonds is 3. The van der Waals surface area contributed by atoms with Crippen LogP contribution >= 0.6 is 11.3 Å². The number of nitrogens with zero attached hydrogens (tertiary/aromatic N) is 1. The lowest BCUT2D eigenvalue weighted by atomic mass is 10.1. The van der Waals surface area contributed by atoms with Crippen molar-refractivity contribution in [1.29, 1.82) is 0 Å². The van der Waals surface area contributed by atoms with Crippen molar-refractivity contribution in [1.82, 2.24) is 4.98 Å². The number of thiazole rings is 1. The maximum Gasteiger partial charge on any atom is 0.251 e. The molecule has 4 nitrogen and oxygen atoms in total. The van der Waals surface area contributed by atoms with E-state index in [0.717, 1.165) is 10.2 Å². The monoisotopic (exact) mass is 296 g/mol. The molecule has 3 aromatic rings. The van der Waals surface area contributed by atoms with Gasteiger partial charge in [0.25, 0.3) is 5.91 Å². The molecule has 0 unspecified atom stereocenters. The molecule has 104 valence electrons. The molecule has 0 bridgehead atoms. The topological polar surface area (TPSA) is 76.2 Å². The highest BCUT2D eigenvalue weighted by Crippen LogP contribution is 2.29. The van der Waals surface area contributed by atoms with Crippen molar-refractivity contribution in [2.45, 2.75) is 0 Å². The number of aromatic hydroxyl groups is 1. The number of primary amides is 1. The number of carbonyl (C=O) groups excluding carboxylic acids is 1. The summed E-state index contributed by atoms with van der Waals surface area (Å²) >= 11 is 1.40. The number of nitrogens with two attached hydrogens (primary N) is 1. The molecule has 0 saturated carbocycles. The lowest BCUT2D eigenvalue weighted by Gasteiger charge is -2.01. The van der Waals surface area contributed by atoms with E-state index in [-0.39, 0.29) is 11.3 Å². The Labute approximate surface area is 125 Å². The second-order valence-corrected chi connectivity index (χ2v) is 5.50. The van der Waals surface area contributed by atoms with Gasteiger partial charge in [-0.3, -0.25) is 4.79 Å². The van der Waals surface area contributed by atoms with Gasteiger partial charge in [-0.25, -0.2) is 4.98 Å². The fraction of sp³-hybridized carbons (Fsp3) is 0. The summed E-state index contributed by atoms with van der Waals surface area (Å²) in [5.74, 6) is -0.477. The third-order valence-corrected chi connectivity index (χ3v) is 4.10. The lowest BCUT2D eigenvalue weighted by Crippen LogP contribution is -2.12. The van der Waals surface area contributed by atoms with Gasteiger partial charge in [-0.1, -0.05) is 30.3 Å². The van der Waals surface area contributed by atoms with Crippen LogP contribution in [0.25, 0.3) is 21.9 Å². The van der Waals surface area contributed by atoms with Crippen LogP contribution in [0.1, 0.15) is 10.6 Å². The average Bonchev–Trinajstić information content (AvgIpc) is 2.89. The minimum absolute atomic E-state index is 0.0948. The highest BCUT2D eigenvalue weighted by Gasteiger charge is 2.14. The molecule has 0 atom stereocenters. The first-order valence-electron chi connectivity index (χ1n) is 6.30. The minimum Gasteiger partial charge on any atom is -0.507 e. The second-order valence-electron chi connectivity index (χ2n) is 4.47. The molecule has 1 amide bonds. The van der Waals surface area contributed by atoms with E-state index in [2.05, 4.69) is 4.98 Å². The van der Waals surface area contributed by atoms with Crippen molar-refractivity contribution in [3.63, 3.8) is 0 Å². The number of aromatic nitrogens is 1. The average molecular weight is 296 g/mol. The number of benzene rings is 2. The largest absolute Gasteiger partial charge is 0.507 e. The number of hydrogen-bond acceptors (Lipinski definition) is 4. The molecule has 21 heavy (non-hydrogen) atoms. The number of fused-ring (bicyclic) bond motifs is 1. The van der Waals surface area contributed by atoms with Crippen LogP contribution in [0.5, 0.6) is 5.75 Å². The van der Waals surface area contributed by atoms with Gasteiger partial charge in [0, 0.05) is 5.56 Å². The first-order chi connectivity index (χ1) is 10.1. The van der Waals surface area contributed by atoms with Crippen LogP contribution in [0.4, 0.5) is 0 Å². The van der Waals surface area contributed by atoms with E-state index in [1.165, 1.54) is 11.3 Å². The van der Waals surface area contributed by atoms with Gasteiger partial charge in [-0.2, -0.15) is 0 Å². The van der Waals surface area contributed by atoms with E-state index in [0.29, 0.717) is 10.6 Å². The van der Waals surface area contributed by atoms with Gasteiger partial charge in [0.15, 0.2) is 0 Å². The first kappa shape index (κ1) is 13.3. The predicted octanol–water partition coefficient (Wildman–Crippen LogP) is 3.03. The van der Waals surface area contributed by atoms with Gasteiger partial charge in [-0.15, -0.1) is 11.3 Å². The Balaban J connectivity index is 2.14. The third-order valence-electron chi connectivity index (χ3n) is 3.03. The number of para-hydroxylation sites is 2. The molecule has 1 aromatic heterocycles. The highest BCUT2D eigenvalue weighted by molar-refractivity contribution is 7.19. The molecule has 0 fully saturated rings. The first-order valence-corrected chi connectivity index (χ1v) is 7.12. The third kappa shape index (κ3) is 2.64. The Hall–Kier alpha value is -2.66. The number of hydrogen-bond donors (Lipinski definition) is 2. The van der Waals surface area contributed by atoms with Gasteiger partial charge >= 0.3 is 0 Å². The molecule has 1 heterocycles. The summed E-state index contributed by atoms with van der Waals surface area (Å²) in [6.07, 6.45) is 1.56. The van der Waals surface area contributed by atoms with Crippen LogP contribution in [0.3, 0.4) is 0 Å². The number of carbonyl (C=O) groups is 1. The smallest absolute Gasteiger partial charge is 0.251 e. The molecule has 0 aliphatic rings. The minimum atomic E-state index is -0.572. The van der Waals surface area contributed by atoms with E-state index >= 15 is 0 Å². The summed E-state index contributed by atoms with van der Waals surface area (Å²) < 4.78 is 0.983. The zero-order valence-electron chi connectivity index (χ0n) is 11.0. The maximum absolute atomic E-state index is 11.7. The van der Waals surface area contributed by atoms with Crippen molar-refractivity contribution in [2.75, 3.05) is 0 Å². The van der Waals surface area contributed by atoms with Gasteiger partial charge in [0.1, 0.15) is 10.8 Å². The van der Waals surface area contributed by atoms with Gasteiger partial charge in [-0.05, 0) is 24.3 Å². The van der Waals surface area contributed by atoms with E-state index < -0.39 is 5.91 Å². The fourth-order valence-electron chi connectivity index (χ4n) is 1.99. The summed E-state index contributed by atoms with van der Waals surface area (Å²) in [5, 5.41) is 10.4.